The summed E-state index contributed by atoms with van der Waals surface area (Å²) in [6, 6.07) is 23.3. The van der Waals surface area contributed by atoms with E-state index in [1.807, 2.05) is 6.07 Å². The van der Waals surface area contributed by atoms with Gasteiger partial charge in [0.25, 0.3) is 10.0 Å². The van der Waals surface area contributed by atoms with Crippen LogP contribution in [-0.2, 0) is 38.8 Å². The molecule has 248 valence electrons. The third kappa shape index (κ3) is 9.15. The molecule has 0 spiro atoms. The first-order valence-electron chi connectivity index (χ1n) is 14.5. The van der Waals surface area contributed by atoms with Crippen molar-refractivity contribution in [2.24, 2.45) is 0 Å². The van der Waals surface area contributed by atoms with Gasteiger partial charge in [-0.05, 0) is 67.4 Å². The molecule has 0 bridgehead atoms. The number of carbonyl (C=O) groups is 2. The highest BCUT2D eigenvalue weighted by Crippen LogP contribution is 2.38. The van der Waals surface area contributed by atoms with Gasteiger partial charge in [-0.15, -0.1) is 0 Å². The summed E-state index contributed by atoms with van der Waals surface area (Å²) in [5.41, 5.74) is 0.460. The van der Waals surface area contributed by atoms with E-state index >= 15 is 0 Å². The van der Waals surface area contributed by atoms with Gasteiger partial charge in [0, 0.05) is 24.0 Å². The molecule has 0 aliphatic heterocycles. The highest BCUT2D eigenvalue weighted by atomic mass is 79.9. The molecule has 4 aromatic rings. The first kappa shape index (κ1) is 36.0. The van der Waals surface area contributed by atoms with E-state index in [2.05, 4.69) is 21.2 Å². The quantitative estimate of drug-likeness (QED) is 0.164. The van der Waals surface area contributed by atoms with Crippen molar-refractivity contribution in [1.82, 2.24) is 10.2 Å². The van der Waals surface area contributed by atoms with Gasteiger partial charge in [-0.3, -0.25) is 13.9 Å². The summed E-state index contributed by atoms with van der Waals surface area (Å²) < 4.78 is 71.3. The SMILES string of the molecule is CCNC(=O)[C@@H](Cc1ccccc1)N(Cc1ccc(Br)cc1)C(=O)CN(c1ccc(Cl)c(C(F)(F)F)c1)S(=O)(=O)c1ccc(C)cc1. The summed E-state index contributed by atoms with van der Waals surface area (Å²) in [4.78, 5) is 29.0. The first-order valence-corrected chi connectivity index (χ1v) is 17.1. The van der Waals surface area contributed by atoms with Crippen LogP contribution in [0.1, 0.15) is 29.2 Å². The number of rotatable bonds is 12. The van der Waals surface area contributed by atoms with E-state index < -0.39 is 56.9 Å². The summed E-state index contributed by atoms with van der Waals surface area (Å²) in [6.45, 7) is 2.75. The lowest BCUT2D eigenvalue weighted by atomic mass is 10.0. The molecule has 0 heterocycles. The monoisotopic (exact) mass is 749 g/mol. The van der Waals surface area contributed by atoms with Crippen molar-refractivity contribution in [3.63, 3.8) is 0 Å². The predicted octanol–water partition coefficient (Wildman–Crippen LogP) is 7.40. The van der Waals surface area contributed by atoms with Crippen LogP contribution in [0.2, 0.25) is 5.02 Å². The Morgan fingerprint density at radius 3 is 2.15 bits per heavy atom. The summed E-state index contributed by atoms with van der Waals surface area (Å²) in [5, 5.41) is 2.13. The number of hydrogen-bond acceptors (Lipinski definition) is 4. The van der Waals surface area contributed by atoms with E-state index in [0.29, 0.717) is 15.9 Å². The molecule has 47 heavy (non-hydrogen) atoms. The third-order valence-electron chi connectivity index (χ3n) is 7.32. The van der Waals surface area contributed by atoms with Crippen LogP contribution in [0.25, 0.3) is 0 Å². The minimum Gasteiger partial charge on any atom is -0.355 e. The lowest BCUT2D eigenvalue weighted by molar-refractivity contribution is -0.140. The second-order valence-corrected chi connectivity index (χ2v) is 13.9. The Labute approximate surface area is 285 Å². The molecule has 7 nitrogen and oxygen atoms in total. The average Bonchev–Trinajstić information content (AvgIpc) is 3.03. The number of nitrogens with one attached hydrogen (secondary N) is 1. The van der Waals surface area contributed by atoms with Crippen LogP contribution >= 0.6 is 27.5 Å². The van der Waals surface area contributed by atoms with Crippen LogP contribution in [0.4, 0.5) is 18.9 Å². The number of halogens is 5. The van der Waals surface area contributed by atoms with Crippen molar-refractivity contribution in [1.29, 1.82) is 0 Å². The van der Waals surface area contributed by atoms with Crippen molar-refractivity contribution in [3.05, 3.63) is 129 Å². The highest BCUT2D eigenvalue weighted by Gasteiger charge is 2.37. The Morgan fingerprint density at radius 2 is 1.55 bits per heavy atom. The fourth-order valence-electron chi connectivity index (χ4n) is 4.88. The molecule has 13 heteroatoms. The van der Waals surface area contributed by atoms with Crippen molar-refractivity contribution in [3.8, 4) is 0 Å². The Morgan fingerprint density at radius 1 is 0.915 bits per heavy atom. The van der Waals surface area contributed by atoms with Crippen molar-refractivity contribution >= 4 is 55.1 Å². The maximum absolute atomic E-state index is 14.4. The molecule has 1 N–H and O–H groups in total. The van der Waals surface area contributed by atoms with Gasteiger partial charge in [-0.1, -0.05) is 87.7 Å². The average molecular weight is 751 g/mol. The molecule has 4 rings (SSSR count). The number of aryl methyl sites for hydroxylation is 1. The molecule has 0 saturated heterocycles. The van der Waals surface area contributed by atoms with E-state index in [9.17, 15) is 31.2 Å². The van der Waals surface area contributed by atoms with E-state index in [-0.39, 0.29) is 24.4 Å². The molecule has 0 aliphatic rings. The molecule has 4 aromatic carbocycles. The van der Waals surface area contributed by atoms with Gasteiger partial charge in [0.05, 0.1) is 21.2 Å². The number of nitrogens with zero attached hydrogens (tertiary/aromatic N) is 2. The number of anilines is 1. The lowest BCUT2D eigenvalue weighted by Gasteiger charge is -2.34. The first-order chi connectivity index (χ1) is 22.2. The van der Waals surface area contributed by atoms with E-state index in [4.69, 9.17) is 11.6 Å². The Bertz CT molecular complexity index is 1810. The number of amides is 2. The minimum absolute atomic E-state index is 0.0897. The molecular weight excluding hydrogens is 719 g/mol. The largest absolute Gasteiger partial charge is 0.417 e. The zero-order valence-electron chi connectivity index (χ0n) is 25.5. The molecule has 0 aliphatic carbocycles. The van der Waals surface area contributed by atoms with Crippen molar-refractivity contribution in [2.75, 3.05) is 17.4 Å². The fraction of sp³-hybridized carbons (Fsp3) is 0.235. The van der Waals surface area contributed by atoms with Gasteiger partial charge in [0.2, 0.25) is 11.8 Å². The van der Waals surface area contributed by atoms with Crippen LogP contribution in [-0.4, -0.2) is 44.3 Å². The van der Waals surface area contributed by atoms with Crippen LogP contribution in [0.15, 0.2) is 106 Å². The number of hydrogen-bond donors (Lipinski definition) is 1. The molecule has 0 fully saturated rings. The molecule has 0 aromatic heterocycles. The summed E-state index contributed by atoms with van der Waals surface area (Å²) in [7, 11) is -4.60. The molecule has 0 radical (unpaired) electrons. The van der Waals surface area contributed by atoms with Crippen molar-refractivity contribution < 1.29 is 31.2 Å². The van der Waals surface area contributed by atoms with Gasteiger partial charge in [0.15, 0.2) is 0 Å². The van der Waals surface area contributed by atoms with Gasteiger partial charge in [-0.2, -0.15) is 13.2 Å². The third-order valence-corrected chi connectivity index (χ3v) is 9.97. The van der Waals surface area contributed by atoms with E-state index in [0.717, 1.165) is 27.7 Å². The summed E-state index contributed by atoms with van der Waals surface area (Å²) in [5.74, 6) is -1.28. The van der Waals surface area contributed by atoms with Crippen molar-refractivity contribution in [2.45, 2.75) is 43.9 Å². The normalized spacial score (nSPS) is 12.3. The molecule has 0 unspecified atom stereocenters. The smallest absolute Gasteiger partial charge is 0.355 e. The standard InChI is InChI=1S/C34H32BrClF3N3O4S/c1-3-40-33(44)31(19-24-7-5-4-6-8-24)41(21-25-11-13-26(35)14-12-25)32(43)22-42(47(45,46)28-16-9-23(2)10-17-28)27-15-18-30(36)29(20-27)34(37,38)39/h4-18,20,31H,3,19,21-22H2,1-2H3,(H,40,44)/t31-/m1/s1. The van der Waals surface area contributed by atoms with E-state index in [1.165, 1.54) is 17.0 Å². The maximum Gasteiger partial charge on any atom is 0.417 e. The lowest BCUT2D eigenvalue weighted by Crippen LogP contribution is -2.53. The van der Waals surface area contributed by atoms with Gasteiger partial charge in [0.1, 0.15) is 12.6 Å². The molecule has 2 amide bonds. The number of carbonyl (C=O) groups excluding carboxylic acids is 2. The molecular formula is C34H32BrClF3N3O4S. The second-order valence-electron chi connectivity index (χ2n) is 10.7. The number of sulfonamides is 1. The second kappa shape index (κ2) is 15.4. The van der Waals surface area contributed by atoms with Crippen LogP contribution < -0.4 is 9.62 Å². The van der Waals surface area contributed by atoms with Crippen LogP contribution in [0.3, 0.4) is 0 Å². The minimum atomic E-state index is -4.90. The summed E-state index contributed by atoms with van der Waals surface area (Å²) in [6.07, 6.45) is -4.80. The predicted molar refractivity (Wildman–Crippen MR) is 179 cm³/mol. The summed E-state index contributed by atoms with van der Waals surface area (Å²) >= 11 is 9.25. The Balaban J connectivity index is 1.85. The molecule has 0 saturated carbocycles. The zero-order chi connectivity index (χ0) is 34.4. The van der Waals surface area contributed by atoms with E-state index in [1.54, 1.807) is 74.5 Å². The topological polar surface area (TPSA) is 86.8 Å². The van der Waals surface area contributed by atoms with Crippen LogP contribution in [0.5, 0.6) is 0 Å². The van der Waals surface area contributed by atoms with Gasteiger partial charge >= 0.3 is 6.18 Å². The number of benzene rings is 4. The zero-order valence-corrected chi connectivity index (χ0v) is 28.6. The van der Waals surface area contributed by atoms with Crippen LogP contribution in [0, 0.1) is 6.92 Å². The Kier molecular flexibility index (Phi) is 11.8. The molecule has 1 atom stereocenters. The fourth-order valence-corrected chi connectivity index (χ4v) is 6.78. The highest BCUT2D eigenvalue weighted by molar-refractivity contribution is 9.10. The van der Waals surface area contributed by atoms with Gasteiger partial charge in [-0.25, -0.2) is 8.42 Å². The maximum atomic E-state index is 14.4. The Hall–Kier alpha value is -3.87. The van der Waals surface area contributed by atoms with Gasteiger partial charge < -0.3 is 10.2 Å². The number of likely N-dealkylation sites (N-methyl/N-ethyl adjacent to an activating group) is 1. The number of alkyl halides is 3.